The predicted molar refractivity (Wildman–Crippen MR) is 176 cm³/mol. The Balaban J connectivity index is 2.25. The van der Waals surface area contributed by atoms with Crippen LogP contribution in [0, 0.1) is 0 Å². The summed E-state index contributed by atoms with van der Waals surface area (Å²) < 4.78 is 18.9. The fourth-order valence-corrected chi connectivity index (χ4v) is 5.15. The van der Waals surface area contributed by atoms with Crippen molar-refractivity contribution in [1.82, 2.24) is 0 Å². The molecule has 0 atom stereocenters. The molecule has 0 N–H and O–H groups in total. The number of allylic oxidation sites excluding steroid dienone is 1. The average Bonchev–Trinajstić information content (AvgIpc) is 2.99. The highest BCUT2D eigenvalue weighted by Crippen LogP contribution is 2.40. The zero-order valence-corrected chi connectivity index (χ0v) is 27.0. The lowest BCUT2D eigenvalue weighted by Crippen LogP contribution is -2.07. The number of rotatable bonds is 24. The minimum Gasteiger partial charge on any atom is -0.490 e. The molecule has 41 heavy (non-hydrogen) atoms. The zero-order chi connectivity index (χ0) is 29.5. The van der Waals surface area contributed by atoms with Crippen LogP contribution in [-0.2, 0) is 0 Å². The molecule has 2 rings (SSSR count). The maximum Gasteiger partial charge on any atom is 0.203 e. The van der Waals surface area contributed by atoms with Crippen molar-refractivity contribution >= 4 is 23.6 Å². The molecular formula is C36H54O4S. The molecule has 2 aromatic rings. The minimum absolute atomic E-state index is 0.0163. The van der Waals surface area contributed by atoms with E-state index in [1.165, 1.54) is 43.4 Å². The molecule has 0 aliphatic heterocycles. The number of carbonyl (C=O) groups is 1. The van der Waals surface area contributed by atoms with E-state index in [4.69, 9.17) is 14.2 Å². The van der Waals surface area contributed by atoms with Gasteiger partial charge in [-0.15, -0.1) is 11.8 Å². The molecule has 0 aliphatic rings. The predicted octanol–water partition coefficient (Wildman–Crippen LogP) is 11.0. The van der Waals surface area contributed by atoms with E-state index in [9.17, 15) is 4.79 Å². The first-order valence-corrected chi connectivity index (χ1v) is 17.1. The van der Waals surface area contributed by atoms with Gasteiger partial charge >= 0.3 is 0 Å². The summed E-state index contributed by atoms with van der Waals surface area (Å²) in [5.41, 5.74) is 1.56. The Morgan fingerprint density at radius 3 is 1.66 bits per heavy atom. The Bertz CT molecular complexity index is 964. The van der Waals surface area contributed by atoms with Gasteiger partial charge in [0.15, 0.2) is 17.3 Å². The number of hydrogen-bond acceptors (Lipinski definition) is 5. The van der Waals surface area contributed by atoms with Crippen molar-refractivity contribution in [3.63, 3.8) is 0 Å². The molecule has 0 saturated heterocycles. The molecule has 5 heteroatoms. The first kappa shape index (κ1) is 34.8. The minimum atomic E-state index is -0.0163. The number of hydrogen-bond donors (Lipinski definition) is 0. The molecule has 228 valence electrons. The van der Waals surface area contributed by atoms with Crippen LogP contribution in [0.1, 0.15) is 127 Å². The monoisotopic (exact) mass is 582 g/mol. The largest absolute Gasteiger partial charge is 0.490 e. The standard InChI is InChI=1S/C36H54O4S/c1-5-9-12-15-24-38-34-28-30(18-23-33(37)31-19-21-32(22-20-31)41-27-8-4)29-35(39-25-16-13-10-6-2)36(34)40-26-17-14-11-7-3/h18-23,28-29H,5-17,24-27H2,1-4H3/b23-18+. The van der Waals surface area contributed by atoms with Crippen LogP contribution in [0.4, 0.5) is 0 Å². The first-order valence-electron chi connectivity index (χ1n) is 16.1. The van der Waals surface area contributed by atoms with Gasteiger partial charge in [0.1, 0.15) is 0 Å². The maximum absolute atomic E-state index is 13.0. The highest BCUT2D eigenvalue weighted by molar-refractivity contribution is 7.99. The molecule has 0 radical (unpaired) electrons. The van der Waals surface area contributed by atoms with E-state index in [1.807, 2.05) is 54.2 Å². The van der Waals surface area contributed by atoms with Gasteiger partial charge < -0.3 is 14.2 Å². The molecule has 0 heterocycles. The summed E-state index contributed by atoms with van der Waals surface area (Å²) in [7, 11) is 0. The Kier molecular flexibility index (Phi) is 18.9. The summed E-state index contributed by atoms with van der Waals surface area (Å²) >= 11 is 1.82. The van der Waals surface area contributed by atoms with Crippen molar-refractivity contribution in [2.45, 2.75) is 116 Å². The lowest BCUT2D eigenvalue weighted by atomic mass is 10.1. The Hall–Kier alpha value is -2.40. The second-order valence-electron chi connectivity index (χ2n) is 10.6. The van der Waals surface area contributed by atoms with Gasteiger partial charge in [-0.2, -0.15) is 0 Å². The molecule has 0 amide bonds. The van der Waals surface area contributed by atoms with E-state index in [1.54, 1.807) is 6.08 Å². The van der Waals surface area contributed by atoms with Crippen LogP contribution in [0.2, 0.25) is 0 Å². The number of thioether (sulfide) groups is 1. The van der Waals surface area contributed by atoms with Gasteiger partial charge in [0, 0.05) is 10.5 Å². The lowest BCUT2D eigenvalue weighted by Gasteiger charge is -2.18. The van der Waals surface area contributed by atoms with Crippen molar-refractivity contribution in [3.05, 3.63) is 53.6 Å². The Morgan fingerprint density at radius 1 is 0.659 bits per heavy atom. The third-order valence-corrected chi connectivity index (χ3v) is 8.06. The van der Waals surface area contributed by atoms with E-state index in [0.29, 0.717) is 42.6 Å². The SMILES string of the molecule is CCCCCCOc1cc(/C=C/C(=O)c2ccc(SCCC)cc2)cc(OCCCCCC)c1OCCCCCC. The van der Waals surface area contributed by atoms with Gasteiger partial charge in [0.25, 0.3) is 0 Å². The zero-order valence-electron chi connectivity index (χ0n) is 26.2. The fraction of sp³-hybridized carbons (Fsp3) is 0.583. The van der Waals surface area contributed by atoms with Gasteiger partial charge in [-0.1, -0.05) is 91.6 Å². The fourth-order valence-electron chi connectivity index (χ4n) is 4.38. The summed E-state index contributed by atoms with van der Waals surface area (Å²) in [6.45, 7) is 10.7. The summed E-state index contributed by atoms with van der Waals surface area (Å²) in [5.74, 6) is 3.16. The quantitative estimate of drug-likeness (QED) is 0.0533. The molecule has 0 fully saturated rings. The van der Waals surface area contributed by atoms with Gasteiger partial charge in [0.05, 0.1) is 19.8 Å². The summed E-state index contributed by atoms with van der Waals surface area (Å²) in [5, 5.41) is 0. The molecular weight excluding hydrogens is 528 g/mol. The summed E-state index contributed by atoms with van der Waals surface area (Å²) in [6.07, 6.45) is 18.3. The van der Waals surface area contributed by atoms with Crippen LogP contribution in [0.5, 0.6) is 17.2 Å². The molecule has 0 saturated carbocycles. The van der Waals surface area contributed by atoms with Gasteiger partial charge in [-0.05, 0) is 79.5 Å². The second kappa shape index (κ2) is 22.2. The molecule has 0 aliphatic carbocycles. The van der Waals surface area contributed by atoms with E-state index in [2.05, 4.69) is 27.7 Å². The third kappa shape index (κ3) is 14.4. The molecule has 0 aromatic heterocycles. The Labute approximate surface area is 254 Å². The average molecular weight is 583 g/mol. The van der Waals surface area contributed by atoms with Crippen LogP contribution >= 0.6 is 11.8 Å². The van der Waals surface area contributed by atoms with Gasteiger partial charge in [-0.3, -0.25) is 4.79 Å². The molecule has 4 nitrogen and oxygen atoms in total. The van der Waals surface area contributed by atoms with E-state index < -0.39 is 0 Å². The van der Waals surface area contributed by atoms with Crippen molar-refractivity contribution in [1.29, 1.82) is 0 Å². The Morgan fingerprint density at radius 2 is 1.17 bits per heavy atom. The van der Waals surface area contributed by atoms with Crippen molar-refractivity contribution in [2.75, 3.05) is 25.6 Å². The van der Waals surface area contributed by atoms with Crippen LogP contribution in [0.25, 0.3) is 6.08 Å². The highest BCUT2D eigenvalue weighted by Gasteiger charge is 2.16. The number of benzene rings is 2. The van der Waals surface area contributed by atoms with Crippen LogP contribution in [0.15, 0.2) is 47.4 Å². The number of ether oxygens (including phenoxy) is 3. The normalized spacial score (nSPS) is 11.2. The number of carbonyl (C=O) groups excluding carboxylic acids is 1. The second-order valence-corrected chi connectivity index (χ2v) is 11.8. The first-order chi connectivity index (χ1) is 20.1. The molecule has 0 spiro atoms. The van der Waals surface area contributed by atoms with Crippen LogP contribution < -0.4 is 14.2 Å². The summed E-state index contributed by atoms with van der Waals surface area (Å²) in [4.78, 5) is 14.2. The van der Waals surface area contributed by atoms with Crippen molar-refractivity contribution < 1.29 is 19.0 Å². The van der Waals surface area contributed by atoms with Crippen LogP contribution in [-0.4, -0.2) is 31.4 Å². The van der Waals surface area contributed by atoms with Gasteiger partial charge in [0.2, 0.25) is 5.75 Å². The molecule has 2 aromatic carbocycles. The number of unbranched alkanes of at least 4 members (excludes halogenated alkanes) is 9. The van der Waals surface area contributed by atoms with Crippen molar-refractivity contribution in [3.8, 4) is 17.2 Å². The van der Waals surface area contributed by atoms with E-state index in [-0.39, 0.29) is 5.78 Å². The summed E-state index contributed by atoms with van der Waals surface area (Å²) in [6, 6.07) is 11.9. The number of ketones is 1. The van der Waals surface area contributed by atoms with Crippen molar-refractivity contribution in [2.24, 2.45) is 0 Å². The lowest BCUT2D eigenvalue weighted by molar-refractivity contribution is 0.104. The topological polar surface area (TPSA) is 44.8 Å². The van der Waals surface area contributed by atoms with Crippen LogP contribution in [0.3, 0.4) is 0 Å². The van der Waals surface area contributed by atoms with Gasteiger partial charge in [-0.25, -0.2) is 0 Å². The smallest absolute Gasteiger partial charge is 0.203 e. The van der Waals surface area contributed by atoms with E-state index in [0.717, 1.165) is 56.3 Å². The third-order valence-electron chi connectivity index (χ3n) is 6.84. The maximum atomic E-state index is 13.0. The molecule has 0 unspecified atom stereocenters. The van der Waals surface area contributed by atoms with E-state index >= 15 is 0 Å². The highest BCUT2D eigenvalue weighted by atomic mass is 32.2. The molecule has 0 bridgehead atoms.